The van der Waals surface area contributed by atoms with Crippen LogP contribution < -0.4 is 5.32 Å². The largest absolute Gasteiger partial charge is 0.293 e. The number of nitrogens with zero attached hydrogens (tertiary/aromatic N) is 2. The van der Waals surface area contributed by atoms with E-state index in [9.17, 15) is 20.1 Å². The molecule has 0 spiro atoms. The fourth-order valence-corrected chi connectivity index (χ4v) is 3.64. The number of amides is 2. The molecule has 1 N–H and O–H groups in total. The Balaban J connectivity index is 2.29. The van der Waals surface area contributed by atoms with Crippen molar-refractivity contribution < 1.29 is 9.59 Å². The second-order valence-electron chi connectivity index (χ2n) is 5.14. The molecule has 3 atom stereocenters. The molecule has 20 heavy (non-hydrogen) atoms. The molecule has 1 saturated carbocycles. The Hall–Kier alpha value is -2.37. The molecule has 0 bridgehead atoms. The van der Waals surface area contributed by atoms with E-state index in [0.717, 1.165) is 0 Å². The summed E-state index contributed by atoms with van der Waals surface area (Å²) in [6.07, 6.45) is 0. The minimum Gasteiger partial charge on any atom is -0.293 e. The van der Waals surface area contributed by atoms with E-state index in [2.05, 4.69) is 5.32 Å². The van der Waals surface area contributed by atoms with Crippen LogP contribution in [-0.2, 0) is 15.0 Å². The lowest BCUT2D eigenvalue weighted by atomic mass is 9.85. The molecule has 2 fully saturated rings. The number of nitriles is 2. The molecular weight excluding hydrogens is 278 g/mol. The van der Waals surface area contributed by atoms with Gasteiger partial charge in [0.2, 0.25) is 11.8 Å². The molecule has 3 rings (SSSR count). The number of rotatable bonds is 1. The Morgan fingerprint density at radius 1 is 1.05 bits per heavy atom. The van der Waals surface area contributed by atoms with Crippen molar-refractivity contribution in [3.05, 3.63) is 34.9 Å². The second-order valence-corrected chi connectivity index (χ2v) is 5.58. The van der Waals surface area contributed by atoms with Gasteiger partial charge < -0.3 is 0 Å². The minimum atomic E-state index is -1.67. The van der Waals surface area contributed by atoms with Crippen molar-refractivity contribution in [2.75, 3.05) is 0 Å². The van der Waals surface area contributed by atoms with Gasteiger partial charge in [-0.25, -0.2) is 0 Å². The summed E-state index contributed by atoms with van der Waals surface area (Å²) in [5.74, 6) is -1.41. The third-order valence-electron chi connectivity index (χ3n) is 4.67. The van der Waals surface area contributed by atoms with Crippen molar-refractivity contribution in [1.29, 1.82) is 10.5 Å². The van der Waals surface area contributed by atoms with Crippen molar-refractivity contribution >= 4 is 23.4 Å². The Labute approximate surface area is 119 Å². The third-order valence-corrected chi connectivity index (χ3v) is 4.92. The summed E-state index contributed by atoms with van der Waals surface area (Å²) < 4.78 is 0. The Kier molecular flexibility index (Phi) is 2.14. The molecule has 1 saturated heterocycles. The lowest BCUT2D eigenvalue weighted by Gasteiger charge is -2.18. The van der Waals surface area contributed by atoms with Crippen LogP contribution in [0.3, 0.4) is 0 Å². The third kappa shape index (κ3) is 0.910. The summed E-state index contributed by atoms with van der Waals surface area (Å²) in [6, 6.07) is 10.3. The molecule has 1 unspecified atom stereocenters. The van der Waals surface area contributed by atoms with Crippen molar-refractivity contribution in [2.24, 2.45) is 10.8 Å². The van der Waals surface area contributed by atoms with Gasteiger partial charge in [0.15, 0.2) is 10.8 Å². The normalized spacial score (nSPS) is 37.6. The maximum absolute atomic E-state index is 12.1. The number of benzene rings is 1. The van der Waals surface area contributed by atoms with Crippen LogP contribution in [0, 0.1) is 33.5 Å². The van der Waals surface area contributed by atoms with Gasteiger partial charge in [-0.3, -0.25) is 14.9 Å². The van der Waals surface area contributed by atoms with E-state index in [1.165, 1.54) is 0 Å². The molecule has 1 aromatic carbocycles. The van der Waals surface area contributed by atoms with Gasteiger partial charge >= 0.3 is 0 Å². The fraction of sp³-hybridized carbons (Fsp3) is 0.286. The van der Waals surface area contributed by atoms with Crippen LogP contribution in [0.5, 0.6) is 0 Å². The average Bonchev–Trinajstić information content (AvgIpc) is 2.84. The summed E-state index contributed by atoms with van der Waals surface area (Å²) in [7, 11) is 0. The molecule has 2 aliphatic rings. The Morgan fingerprint density at radius 2 is 1.50 bits per heavy atom. The monoisotopic (exact) mass is 285 g/mol. The van der Waals surface area contributed by atoms with E-state index in [-0.39, 0.29) is 0 Å². The van der Waals surface area contributed by atoms with E-state index in [1.807, 2.05) is 12.1 Å². The number of carbonyl (C=O) groups excluding carboxylic acids is 2. The summed E-state index contributed by atoms with van der Waals surface area (Å²) >= 11 is 5.82. The number of hydrogen-bond acceptors (Lipinski definition) is 4. The standard InChI is InChI=1S/C14H8ClN3O2/c1-12(8-2-4-9(15)5-3-8)13(6-16)10(19)18-11(20)14(12,13)7-17/h2-5H,1H3,(H,18,19,20)/t12?,13-,14+. The quantitative estimate of drug-likeness (QED) is 0.787. The molecule has 2 amide bonds. The first kappa shape index (κ1) is 12.7. The zero-order valence-corrected chi connectivity index (χ0v) is 11.2. The molecule has 0 aromatic heterocycles. The number of imide groups is 1. The van der Waals surface area contributed by atoms with Crippen LogP contribution in [0.4, 0.5) is 0 Å². The van der Waals surface area contributed by atoms with E-state index in [1.54, 1.807) is 31.2 Å². The number of carbonyl (C=O) groups is 2. The second kappa shape index (κ2) is 3.39. The summed E-state index contributed by atoms with van der Waals surface area (Å²) in [4.78, 5) is 24.1. The average molecular weight is 286 g/mol. The number of hydrogen-bond donors (Lipinski definition) is 1. The molecule has 1 aliphatic heterocycles. The van der Waals surface area contributed by atoms with Crippen LogP contribution in [0.25, 0.3) is 0 Å². The molecular formula is C14H8ClN3O2. The molecule has 98 valence electrons. The van der Waals surface area contributed by atoms with Crippen LogP contribution in [0.2, 0.25) is 5.02 Å². The SMILES string of the molecule is CC1(c2ccc(Cl)cc2)[C@]2(C#N)C(=O)NC(=O)[C@]12C#N. The lowest BCUT2D eigenvalue weighted by molar-refractivity contribution is -0.129. The van der Waals surface area contributed by atoms with Crippen LogP contribution in [0.1, 0.15) is 12.5 Å². The van der Waals surface area contributed by atoms with Gasteiger partial charge in [-0.15, -0.1) is 0 Å². The summed E-state index contributed by atoms with van der Waals surface area (Å²) in [6.45, 7) is 1.60. The summed E-state index contributed by atoms with van der Waals surface area (Å²) in [5, 5.41) is 21.5. The Morgan fingerprint density at radius 3 is 1.90 bits per heavy atom. The van der Waals surface area contributed by atoms with Crippen molar-refractivity contribution in [3.8, 4) is 12.1 Å². The van der Waals surface area contributed by atoms with Crippen molar-refractivity contribution in [2.45, 2.75) is 12.3 Å². The van der Waals surface area contributed by atoms with Crippen LogP contribution >= 0.6 is 11.6 Å². The van der Waals surface area contributed by atoms with Gasteiger partial charge in [0, 0.05) is 5.02 Å². The lowest BCUT2D eigenvalue weighted by Crippen LogP contribution is -2.38. The molecule has 5 nitrogen and oxygen atoms in total. The number of piperidine rings is 1. The van der Waals surface area contributed by atoms with Crippen molar-refractivity contribution in [3.63, 3.8) is 0 Å². The molecule has 0 radical (unpaired) electrons. The molecule has 1 aliphatic carbocycles. The smallest absolute Gasteiger partial charge is 0.250 e. The van der Waals surface area contributed by atoms with Crippen LogP contribution in [-0.4, -0.2) is 11.8 Å². The molecule has 1 aromatic rings. The highest BCUT2D eigenvalue weighted by Gasteiger charge is 2.97. The predicted octanol–water partition coefficient (Wildman–Crippen LogP) is 1.29. The van der Waals surface area contributed by atoms with E-state index >= 15 is 0 Å². The maximum Gasteiger partial charge on any atom is 0.250 e. The predicted molar refractivity (Wildman–Crippen MR) is 68.0 cm³/mol. The molecule has 1 heterocycles. The number of nitrogens with one attached hydrogen (secondary N) is 1. The highest BCUT2D eigenvalue weighted by atomic mass is 35.5. The van der Waals surface area contributed by atoms with Gasteiger partial charge in [-0.05, 0) is 17.7 Å². The zero-order valence-electron chi connectivity index (χ0n) is 10.4. The van der Waals surface area contributed by atoms with Crippen molar-refractivity contribution in [1.82, 2.24) is 5.32 Å². The van der Waals surface area contributed by atoms with Gasteiger partial charge in [0.25, 0.3) is 0 Å². The highest BCUT2D eigenvalue weighted by molar-refractivity contribution is 6.30. The first-order chi connectivity index (χ1) is 9.42. The van der Waals surface area contributed by atoms with E-state index in [0.29, 0.717) is 10.6 Å². The zero-order chi connectivity index (χ0) is 14.8. The Bertz CT molecular complexity index is 705. The maximum atomic E-state index is 12.1. The molecule has 6 heteroatoms. The minimum absolute atomic E-state index is 0.496. The van der Waals surface area contributed by atoms with Gasteiger partial charge in [0.1, 0.15) is 0 Å². The fourth-order valence-electron chi connectivity index (χ4n) is 3.51. The van der Waals surface area contributed by atoms with Gasteiger partial charge in [-0.1, -0.05) is 30.7 Å². The topological polar surface area (TPSA) is 93.8 Å². The van der Waals surface area contributed by atoms with Gasteiger partial charge in [-0.2, -0.15) is 10.5 Å². The first-order valence-electron chi connectivity index (χ1n) is 5.87. The van der Waals surface area contributed by atoms with Crippen LogP contribution in [0.15, 0.2) is 24.3 Å². The summed E-state index contributed by atoms with van der Waals surface area (Å²) in [5.41, 5.74) is -3.92. The number of halogens is 1. The highest BCUT2D eigenvalue weighted by Crippen LogP contribution is 2.80. The van der Waals surface area contributed by atoms with E-state index < -0.39 is 28.1 Å². The van der Waals surface area contributed by atoms with E-state index in [4.69, 9.17) is 11.6 Å². The van der Waals surface area contributed by atoms with Gasteiger partial charge in [0.05, 0.1) is 17.6 Å². The first-order valence-corrected chi connectivity index (χ1v) is 6.24. The number of fused-ring (bicyclic) bond motifs is 1.